The highest BCUT2D eigenvalue weighted by Gasteiger charge is 2.21. The molecule has 43 heavy (non-hydrogen) atoms. The minimum absolute atomic E-state index is 0.508. The average molecular weight is 577 g/mol. The van der Waals surface area contributed by atoms with Gasteiger partial charge in [-0.2, -0.15) is 0 Å². The maximum absolute atomic E-state index is 6.36. The average Bonchev–Trinajstić information content (AvgIpc) is 3.66. The van der Waals surface area contributed by atoms with Crippen molar-refractivity contribution in [1.82, 2.24) is 29.7 Å². The van der Waals surface area contributed by atoms with Crippen LogP contribution in [0.25, 0.3) is 44.2 Å². The van der Waals surface area contributed by atoms with Crippen LogP contribution in [0.4, 0.5) is 0 Å². The van der Waals surface area contributed by atoms with Crippen LogP contribution in [0.5, 0.6) is 5.75 Å². The van der Waals surface area contributed by atoms with E-state index in [4.69, 9.17) is 14.7 Å². The zero-order valence-corrected chi connectivity index (χ0v) is 26.3. The van der Waals surface area contributed by atoms with Gasteiger partial charge in [-0.3, -0.25) is 4.90 Å². The summed E-state index contributed by atoms with van der Waals surface area (Å²) >= 11 is 0. The third kappa shape index (κ3) is 5.78. The molecule has 0 amide bonds. The van der Waals surface area contributed by atoms with Crippen molar-refractivity contribution in [2.45, 2.75) is 79.1 Å². The van der Waals surface area contributed by atoms with Gasteiger partial charge in [-0.25, -0.2) is 9.97 Å². The van der Waals surface area contributed by atoms with E-state index in [9.17, 15) is 0 Å². The molecule has 6 rings (SSSR count). The number of hydrogen-bond donors (Lipinski definition) is 2. The van der Waals surface area contributed by atoms with E-state index in [2.05, 4.69) is 104 Å². The van der Waals surface area contributed by atoms with Crippen LogP contribution in [0.15, 0.2) is 60.9 Å². The molecule has 224 valence electrons. The third-order valence-corrected chi connectivity index (χ3v) is 8.90. The summed E-state index contributed by atoms with van der Waals surface area (Å²) in [5.74, 6) is 2.87. The Morgan fingerprint density at radius 1 is 1.00 bits per heavy atom. The molecule has 0 bridgehead atoms. The maximum atomic E-state index is 6.36. The predicted molar refractivity (Wildman–Crippen MR) is 177 cm³/mol. The van der Waals surface area contributed by atoms with Crippen LogP contribution in [-0.2, 0) is 19.7 Å². The third-order valence-electron chi connectivity index (χ3n) is 8.90. The van der Waals surface area contributed by atoms with Crippen LogP contribution in [0.3, 0.4) is 0 Å². The van der Waals surface area contributed by atoms with Gasteiger partial charge in [0.25, 0.3) is 0 Å². The highest BCUT2D eigenvalue weighted by atomic mass is 16.5. The second-order valence-electron chi connectivity index (χ2n) is 12.0. The van der Waals surface area contributed by atoms with E-state index in [0.29, 0.717) is 12.6 Å². The number of hydrogen-bond acceptors (Lipinski definition) is 5. The first-order valence-corrected chi connectivity index (χ1v) is 15.8. The first-order valence-electron chi connectivity index (χ1n) is 15.8. The molecule has 0 saturated carbocycles. The molecule has 3 heterocycles. The van der Waals surface area contributed by atoms with E-state index in [1.807, 2.05) is 6.20 Å². The number of H-pyrrole nitrogens is 2. The Morgan fingerprint density at radius 3 is 2.65 bits per heavy atom. The van der Waals surface area contributed by atoms with E-state index in [1.165, 1.54) is 22.2 Å². The van der Waals surface area contributed by atoms with Crippen LogP contribution in [0.1, 0.15) is 70.6 Å². The lowest BCUT2D eigenvalue weighted by atomic mass is 9.92. The summed E-state index contributed by atoms with van der Waals surface area (Å²) < 4.78 is 6.36. The molecule has 2 N–H and O–H groups in total. The number of nitrogens with one attached hydrogen (secondary N) is 2. The molecular weight excluding hydrogens is 532 g/mol. The summed E-state index contributed by atoms with van der Waals surface area (Å²) in [6.45, 7) is 16.3. The van der Waals surface area contributed by atoms with Gasteiger partial charge in [-0.15, -0.1) is 0 Å². The fourth-order valence-corrected chi connectivity index (χ4v) is 6.12. The molecule has 7 nitrogen and oxygen atoms in total. The van der Waals surface area contributed by atoms with Gasteiger partial charge >= 0.3 is 0 Å². The summed E-state index contributed by atoms with van der Waals surface area (Å²) in [5, 5.41) is 2.29. The van der Waals surface area contributed by atoms with Crippen LogP contribution >= 0.6 is 0 Å². The first-order chi connectivity index (χ1) is 20.9. The van der Waals surface area contributed by atoms with E-state index in [0.717, 1.165) is 96.0 Å². The van der Waals surface area contributed by atoms with Crippen molar-refractivity contribution < 1.29 is 4.74 Å². The van der Waals surface area contributed by atoms with Gasteiger partial charge < -0.3 is 19.6 Å². The number of nitrogens with zero attached hydrogens (tertiary/aromatic N) is 4. The van der Waals surface area contributed by atoms with Gasteiger partial charge in [0.1, 0.15) is 24.0 Å². The lowest BCUT2D eigenvalue weighted by Gasteiger charge is -2.25. The summed E-state index contributed by atoms with van der Waals surface area (Å²) in [6, 6.07) is 15.9. The highest BCUT2D eigenvalue weighted by molar-refractivity contribution is 6.07. The number of aromatic nitrogens is 4. The zero-order valence-electron chi connectivity index (χ0n) is 26.3. The lowest BCUT2D eigenvalue weighted by molar-refractivity contribution is 0.239. The second-order valence-corrected chi connectivity index (χ2v) is 12.0. The molecule has 0 unspecified atom stereocenters. The Labute approximate surface area is 255 Å². The van der Waals surface area contributed by atoms with Gasteiger partial charge in [-0.1, -0.05) is 52.0 Å². The van der Waals surface area contributed by atoms with Gasteiger partial charge in [-0.05, 0) is 79.6 Å². The molecule has 0 fully saturated rings. The summed E-state index contributed by atoms with van der Waals surface area (Å²) in [7, 11) is 2.16. The number of rotatable bonds is 12. The molecule has 0 aliphatic carbocycles. The smallest absolute Gasteiger partial charge is 0.128 e. The Hall–Kier alpha value is -4.10. The molecule has 0 radical (unpaired) electrons. The lowest BCUT2D eigenvalue weighted by Crippen LogP contribution is -2.28. The molecule has 1 aliphatic rings. The summed E-state index contributed by atoms with van der Waals surface area (Å²) in [4.78, 5) is 21.5. The second kappa shape index (κ2) is 12.3. The van der Waals surface area contributed by atoms with Gasteiger partial charge in [0.2, 0.25) is 0 Å². The van der Waals surface area contributed by atoms with Crippen molar-refractivity contribution in [2.75, 3.05) is 13.6 Å². The summed E-state index contributed by atoms with van der Waals surface area (Å²) in [5.41, 5.74) is 8.91. The van der Waals surface area contributed by atoms with Crippen LogP contribution in [-0.4, -0.2) is 49.4 Å². The van der Waals surface area contributed by atoms with E-state index in [1.54, 1.807) is 0 Å². The number of imidazole rings is 2. The number of ether oxygens (including phenoxy) is 1. The van der Waals surface area contributed by atoms with Gasteiger partial charge in [0.15, 0.2) is 0 Å². The van der Waals surface area contributed by atoms with Crippen LogP contribution < -0.4 is 4.74 Å². The number of benzene rings is 3. The quantitative estimate of drug-likeness (QED) is 0.156. The zero-order chi connectivity index (χ0) is 30.1. The van der Waals surface area contributed by atoms with Gasteiger partial charge in [0, 0.05) is 29.2 Å². The Bertz CT molecular complexity index is 1760. The topological polar surface area (TPSA) is 73.1 Å². The van der Waals surface area contributed by atoms with Crippen LogP contribution in [0, 0.1) is 0 Å². The molecule has 1 aliphatic heterocycles. The molecule has 0 spiro atoms. The minimum Gasteiger partial charge on any atom is -0.488 e. The van der Waals surface area contributed by atoms with Crippen molar-refractivity contribution >= 4 is 21.8 Å². The number of fused-ring (bicyclic) bond motifs is 6. The Kier molecular flexibility index (Phi) is 8.26. The number of allylic oxidation sites excluding steroid dienone is 1. The monoisotopic (exact) mass is 576 g/mol. The van der Waals surface area contributed by atoms with Gasteiger partial charge in [0.05, 0.1) is 36.0 Å². The molecule has 2 aromatic heterocycles. The molecule has 3 aromatic carbocycles. The van der Waals surface area contributed by atoms with Crippen molar-refractivity contribution in [3.63, 3.8) is 0 Å². The van der Waals surface area contributed by atoms with Crippen LogP contribution in [0.2, 0.25) is 0 Å². The standard InChI is InChI=1S/C36H44N6O/c1-7-10-24(5)42(15-8-2)21-34-37-19-32(39-34)26-11-13-28-27(16-26)22-43-33-18-29-25(17-30(28)33)12-14-31-36(29)40-35(38-31)20-41(6)23(4)9-3/h11-14,16-19,23H,5,7-10,15,20-22H2,1-4,6H3,(H,37,39)(H,38,40)/t23-/m0/s1. The van der Waals surface area contributed by atoms with Crippen molar-refractivity contribution in [1.29, 1.82) is 0 Å². The predicted octanol–water partition coefficient (Wildman–Crippen LogP) is 8.42. The summed E-state index contributed by atoms with van der Waals surface area (Å²) in [6.07, 6.45) is 6.25. The molecular formula is C36H44N6O. The normalized spacial score (nSPS) is 13.3. The SMILES string of the molecule is C=C(CCC)N(CCC)Cc1ncc(-c2ccc3c(c2)COc2cc4c(ccc5[nH]c(CN(C)[C@@H](C)CC)nc54)cc2-3)[nH]1. The van der Waals surface area contributed by atoms with E-state index >= 15 is 0 Å². The fourth-order valence-electron chi connectivity index (χ4n) is 6.12. The first kappa shape index (κ1) is 29.0. The largest absolute Gasteiger partial charge is 0.488 e. The fraction of sp³-hybridized carbons (Fsp3) is 0.389. The van der Waals surface area contributed by atoms with Crippen molar-refractivity contribution in [3.05, 3.63) is 78.1 Å². The molecule has 0 saturated heterocycles. The molecule has 7 heteroatoms. The molecule has 5 aromatic rings. The Balaban J connectivity index is 1.26. The van der Waals surface area contributed by atoms with E-state index in [-0.39, 0.29) is 0 Å². The maximum Gasteiger partial charge on any atom is 0.128 e. The van der Waals surface area contributed by atoms with E-state index < -0.39 is 0 Å². The minimum atomic E-state index is 0.508. The van der Waals surface area contributed by atoms with Crippen molar-refractivity contribution in [3.8, 4) is 28.1 Å². The highest BCUT2D eigenvalue weighted by Crippen LogP contribution is 2.42. The molecule has 1 atom stereocenters. The Morgan fingerprint density at radius 2 is 1.86 bits per heavy atom. The number of aromatic amines is 2. The van der Waals surface area contributed by atoms with Crippen molar-refractivity contribution in [2.24, 2.45) is 0 Å².